The monoisotopic (exact) mass is 286 g/mol. The first-order valence-corrected chi connectivity index (χ1v) is 5.79. The van der Waals surface area contributed by atoms with Crippen molar-refractivity contribution in [3.05, 3.63) is 36.3 Å². The van der Waals surface area contributed by atoms with E-state index in [1.54, 1.807) is 13.8 Å². The molecule has 0 spiro atoms. The fraction of sp³-hybridized carbons (Fsp3) is 0.308. The number of alkyl halides is 3. The summed E-state index contributed by atoms with van der Waals surface area (Å²) in [4.78, 5) is 6.94. The maximum Gasteiger partial charge on any atom is 0.573 e. The number of hydrogen-bond acceptors (Lipinski definition) is 3. The minimum Gasteiger partial charge on any atom is -0.406 e. The summed E-state index contributed by atoms with van der Waals surface area (Å²) in [5.41, 5.74) is 0.126. The zero-order valence-corrected chi connectivity index (χ0v) is 10.8. The molecule has 0 amide bonds. The number of aromatic nitrogens is 2. The summed E-state index contributed by atoms with van der Waals surface area (Å²) < 4.78 is 39.9. The maximum absolute atomic E-state index is 12.0. The van der Waals surface area contributed by atoms with Crippen LogP contribution in [-0.2, 0) is 5.60 Å². The van der Waals surface area contributed by atoms with Crippen LogP contribution >= 0.6 is 0 Å². The van der Waals surface area contributed by atoms with Crippen LogP contribution in [0.4, 0.5) is 13.2 Å². The number of nitrogens with zero attached hydrogens (tertiary/aromatic N) is 1. The molecule has 0 aliphatic heterocycles. The normalized spacial score (nSPS) is 12.5. The molecule has 0 saturated heterocycles. The Kier molecular flexibility index (Phi) is 3.47. The van der Waals surface area contributed by atoms with Gasteiger partial charge >= 0.3 is 6.36 Å². The molecule has 1 aromatic carbocycles. The van der Waals surface area contributed by atoms with E-state index in [-0.39, 0.29) is 5.75 Å². The highest BCUT2D eigenvalue weighted by Crippen LogP contribution is 2.26. The average molecular weight is 286 g/mol. The standard InChI is InChI=1S/C13H13F3N2O2/c1-12(2,19)11-17-7-10(18-11)8-3-5-9(6-4-8)20-13(14,15)16/h3-7,19H,1-2H3,(H,17,18). The Labute approximate surface area is 113 Å². The van der Waals surface area contributed by atoms with Gasteiger partial charge in [0.1, 0.15) is 17.2 Å². The summed E-state index contributed by atoms with van der Waals surface area (Å²) in [5.74, 6) is 0.0894. The second-order valence-electron chi connectivity index (χ2n) is 4.78. The Balaban J connectivity index is 2.20. The molecular formula is C13H13F3N2O2. The maximum atomic E-state index is 12.0. The van der Waals surface area contributed by atoms with Crippen LogP contribution in [0.5, 0.6) is 5.75 Å². The van der Waals surface area contributed by atoms with E-state index in [1.165, 1.54) is 30.5 Å². The number of H-pyrrole nitrogens is 1. The molecule has 0 saturated carbocycles. The van der Waals surface area contributed by atoms with Gasteiger partial charge in [0, 0.05) is 0 Å². The van der Waals surface area contributed by atoms with Crippen LogP contribution in [0.15, 0.2) is 30.5 Å². The second-order valence-corrected chi connectivity index (χ2v) is 4.78. The zero-order valence-electron chi connectivity index (χ0n) is 10.8. The smallest absolute Gasteiger partial charge is 0.406 e. The van der Waals surface area contributed by atoms with Gasteiger partial charge in [-0.25, -0.2) is 4.98 Å². The van der Waals surface area contributed by atoms with Crippen molar-refractivity contribution in [2.45, 2.75) is 25.8 Å². The van der Waals surface area contributed by atoms with Crippen molar-refractivity contribution >= 4 is 0 Å². The van der Waals surface area contributed by atoms with E-state index in [2.05, 4.69) is 14.7 Å². The summed E-state index contributed by atoms with van der Waals surface area (Å²) in [6.07, 6.45) is -3.20. The Morgan fingerprint density at radius 1 is 1.15 bits per heavy atom. The van der Waals surface area contributed by atoms with Crippen LogP contribution in [0.2, 0.25) is 0 Å². The Morgan fingerprint density at radius 2 is 1.75 bits per heavy atom. The number of halogens is 3. The summed E-state index contributed by atoms with van der Waals surface area (Å²) in [6.45, 7) is 3.16. The van der Waals surface area contributed by atoms with Gasteiger partial charge in [-0.1, -0.05) is 0 Å². The molecule has 0 fully saturated rings. The molecule has 0 unspecified atom stereocenters. The minimum absolute atomic E-state index is 0.288. The van der Waals surface area contributed by atoms with E-state index >= 15 is 0 Å². The lowest BCUT2D eigenvalue weighted by Crippen LogP contribution is -2.17. The van der Waals surface area contributed by atoms with Gasteiger partial charge in [0.25, 0.3) is 0 Å². The van der Waals surface area contributed by atoms with Gasteiger partial charge in [0.15, 0.2) is 0 Å². The van der Waals surface area contributed by atoms with Crippen molar-refractivity contribution < 1.29 is 23.0 Å². The summed E-state index contributed by atoms with van der Waals surface area (Å²) >= 11 is 0. The van der Waals surface area contributed by atoms with E-state index < -0.39 is 12.0 Å². The molecule has 0 radical (unpaired) electrons. The topological polar surface area (TPSA) is 58.1 Å². The van der Waals surface area contributed by atoms with Crippen molar-refractivity contribution in [3.63, 3.8) is 0 Å². The van der Waals surface area contributed by atoms with Crippen molar-refractivity contribution in [3.8, 4) is 17.0 Å². The largest absolute Gasteiger partial charge is 0.573 e. The van der Waals surface area contributed by atoms with Crippen molar-refractivity contribution in [2.75, 3.05) is 0 Å². The molecule has 0 bridgehead atoms. The SMILES string of the molecule is CC(C)(O)c1ncc(-c2ccc(OC(F)(F)F)cc2)[nH]1. The zero-order chi connectivity index (χ0) is 15.0. The minimum atomic E-state index is -4.70. The lowest BCUT2D eigenvalue weighted by molar-refractivity contribution is -0.274. The van der Waals surface area contributed by atoms with E-state index in [1.807, 2.05) is 0 Å². The van der Waals surface area contributed by atoms with Crippen molar-refractivity contribution in [1.82, 2.24) is 9.97 Å². The third-order valence-electron chi connectivity index (χ3n) is 2.55. The number of rotatable bonds is 3. The first kappa shape index (κ1) is 14.4. The highest BCUT2D eigenvalue weighted by Gasteiger charge is 2.31. The molecule has 2 rings (SSSR count). The molecule has 1 heterocycles. The van der Waals surface area contributed by atoms with Crippen LogP contribution < -0.4 is 4.74 Å². The van der Waals surface area contributed by atoms with Gasteiger partial charge in [0.05, 0.1) is 11.9 Å². The van der Waals surface area contributed by atoms with Crippen LogP contribution in [0.1, 0.15) is 19.7 Å². The second kappa shape index (κ2) is 4.82. The number of nitrogens with one attached hydrogen (secondary N) is 1. The third kappa shape index (κ3) is 3.51. The molecule has 2 aromatic rings. The first-order chi connectivity index (χ1) is 9.15. The van der Waals surface area contributed by atoms with Gasteiger partial charge < -0.3 is 14.8 Å². The highest BCUT2D eigenvalue weighted by molar-refractivity contribution is 5.59. The molecule has 1 aromatic heterocycles. The van der Waals surface area contributed by atoms with Gasteiger partial charge in [0.2, 0.25) is 0 Å². The quantitative estimate of drug-likeness (QED) is 0.911. The predicted octanol–water partition coefficient (Wildman–Crippen LogP) is 3.20. The summed E-state index contributed by atoms with van der Waals surface area (Å²) in [6, 6.07) is 5.38. The number of hydrogen-bond donors (Lipinski definition) is 2. The molecule has 108 valence electrons. The fourth-order valence-electron chi connectivity index (χ4n) is 1.61. The molecule has 7 heteroatoms. The van der Waals surface area contributed by atoms with Crippen LogP contribution in [0.3, 0.4) is 0 Å². The predicted molar refractivity (Wildman–Crippen MR) is 66.0 cm³/mol. The Bertz CT molecular complexity index is 583. The van der Waals surface area contributed by atoms with Crippen LogP contribution in [0.25, 0.3) is 11.3 Å². The Morgan fingerprint density at radius 3 is 2.20 bits per heavy atom. The highest BCUT2D eigenvalue weighted by atomic mass is 19.4. The van der Waals surface area contributed by atoms with Crippen molar-refractivity contribution in [1.29, 1.82) is 0 Å². The number of ether oxygens (including phenoxy) is 1. The van der Waals surface area contributed by atoms with E-state index in [0.717, 1.165) is 0 Å². The molecule has 2 N–H and O–H groups in total. The molecule has 0 atom stereocenters. The van der Waals surface area contributed by atoms with Crippen molar-refractivity contribution in [2.24, 2.45) is 0 Å². The molecule has 0 aliphatic carbocycles. The number of aliphatic hydroxyl groups is 1. The van der Waals surface area contributed by atoms with E-state index in [4.69, 9.17) is 0 Å². The first-order valence-electron chi connectivity index (χ1n) is 5.79. The summed E-state index contributed by atoms with van der Waals surface area (Å²) in [7, 11) is 0. The van der Waals surface area contributed by atoms with Gasteiger partial charge in [-0.3, -0.25) is 0 Å². The molecule has 0 aliphatic rings. The lowest BCUT2D eigenvalue weighted by Gasteiger charge is -2.13. The van der Waals surface area contributed by atoms with Gasteiger partial charge in [-0.15, -0.1) is 13.2 Å². The van der Waals surface area contributed by atoms with E-state index in [9.17, 15) is 18.3 Å². The van der Waals surface area contributed by atoms with Crippen LogP contribution in [-0.4, -0.2) is 21.4 Å². The molecule has 20 heavy (non-hydrogen) atoms. The fourth-order valence-corrected chi connectivity index (χ4v) is 1.61. The third-order valence-corrected chi connectivity index (χ3v) is 2.55. The number of benzene rings is 1. The summed E-state index contributed by atoms with van der Waals surface area (Å²) in [5, 5.41) is 9.78. The number of aromatic amines is 1. The average Bonchev–Trinajstić information content (AvgIpc) is 2.76. The number of imidazole rings is 1. The van der Waals surface area contributed by atoms with E-state index in [0.29, 0.717) is 17.1 Å². The van der Waals surface area contributed by atoms with Gasteiger partial charge in [-0.2, -0.15) is 0 Å². The van der Waals surface area contributed by atoms with Crippen LogP contribution in [0, 0.1) is 0 Å². The van der Waals surface area contributed by atoms with Gasteiger partial charge in [-0.05, 0) is 43.7 Å². The molecule has 4 nitrogen and oxygen atoms in total. The lowest BCUT2D eigenvalue weighted by atomic mass is 10.1. The molecular weight excluding hydrogens is 273 g/mol. The Hall–Kier alpha value is -2.02.